The van der Waals surface area contributed by atoms with Crippen molar-refractivity contribution in [1.82, 2.24) is 0 Å². The topological polar surface area (TPSA) is 77.1 Å². The molecule has 3 atom stereocenters. The van der Waals surface area contributed by atoms with E-state index in [1.54, 1.807) is 42.7 Å². The highest BCUT2D eigenvalue weighted by molar-refractivity contribution is 5.21. The Morgan fingerprint density at radius 3 is 1.54 bits per heavy atom. The molecule has 1 aliphatic heterocycles. The van der Waals surface area contributed by atoms with Crippen LogP contribution in [0.25, 0.3) is 0 Å². The minimum atomic E-state index is -1.01. The van der Waals surface area contributed by atoms with Crippen LogP contribution in [0.5, 0.6) is 0 Å². The third kappa shape index (κ3) is 16.3. The number of ether oxygens (including phenoxy) is 8. The number of epoxide rings is 1. The molecular weight excluding hydrogens is 584 g/mol. The van der Waals surface area contributed by atoms with Gasteiger partial charge in [-0.25, -0.2) is 0 Å². The maximum Gasteiger partial charge on any atom is 0.289 e. The van der Waals surface area contributed by atoms with Crippen LogP contribution in [0.2, 0.25) is 0 Å². The summed E-state index contributed by atoms with van der Waals surface area (Å²) >= 11 is 0. The molecule has 3 unspecified atom stereocenters. The number of unbranched alkanes of at least 4 members (excludes halogenated alkanes) is 10. The normalized spacial score (nSPS) is 16.1. The molecule has 1 aromatic rings. The zero-order valence-electron chi connectivity index (χ0n) is 30.8. The van der Waals surface area contributed by atoms with Gasteiger partial charge in [-0.2, -0.15) is 0 Å². The molecule has 270 valence electrons. The Morgan fingerprint density at radius 2 is 1.07 bits per heavy atom. The summed E-state index contributed by atoms with van der Waals surface area (Å²) in [6.07, 6.45) is 19.7. The molecule has 0 spiro atoms. The van der Waals surface area contributed by atoms with E-state index in [-0.39, 0.29) is 11.8 Å². The average molecular weight is 655 g/mol. The van der Waals surface area contributed by atoms with Crippen molar-refractivity contribution in [2.75, 3.05) is 62.5 Å². The van der Waals surface area contributed by atoms with E-state index in [2.05, 4.69) is 38.1 Å². The molecule has 1 aromatic carbocycles. The summed E-state index contributed by atoms with van der Waals surface area (Å²) in [4.78, 5) is 0. The highest BCUT2D eigenvalue weighted by Gasteiger charge is 2.41. The predicted octanol–water partition coefficient (Wildman–Crippen LogP) is 9.26. The molecule has 1 fully saturated rings. The molecule has 0 amide bonds. The Labute approximate surface area is 282 Å². The summed E-state index contributed by atoms with van der Waals surface area (Å²) in [5.74, 6) is -1.67. The standard InChI is InChI=1S/C19H38O5.C19H32O3/c1-5-6-7-8-9-10-12-17(19(20-2,21-3)22-4)13-11-14-23-15-18-16-24-18;1-5-6-7-8-9-13-16-18(17-14-11-10-12-15-17)19(20-2,21-3)22-4/h17-18H,5-16H2,1-4H3;10-12,14-15,18H,5-9,13,16H2,1-4H3. The number of hydrogen-bond acceptors (Lipinski definition) is 8. The second-order valence-corrected chi connectivity index (χ2v) is 12.4. The van der Waals surface area contributed by atoms with Crippen LogP contribution in [0.1, 0.15) is 128 Å². The van der Waals surface area contributed by atoms with Crippen LogP contribution >= 0.6 is 0 Å². The fraction of sp³-hybridized carbons (Fsp3) is 0.842. The second-order valence-electron chi connectivity index (χ2n) is 12.4. The lowest BCUT2D eigenvalue weighted by atomic mass is 9.90. The van der Waals surface area contributed by atoms with E-state index in [1.807, 2.05) is 6.07 Å². The van der Waals surface area contributed by atoms with Gasteiger partial charge in [0.2, 0.25) is 0 Å². The quantitative estimate of drug-likeness (QED) is 0.0481. The summed E-state index contributed by atoms with van der Waals surface area (Å²) in [5.41, 5.74) is 1.20. The summed E-state index contributed by atoms with van der Waals surface area (Å²) < 4.78 is 44.4. The number of hydrogen-bond donors (Lipinski definition) is 0. The number of methoxy groups -OCH3 is 6. The SMILES string of the molecule is CCCCCCCCC(CCCOCC1CO1)C(OC)(OC)OC.CCCCCCCCC(c1ccccc1)C(OC)(OC)OC. The van der Waals surface area contributed by atoms with E-state index in [0.717, 1.165) is 45.3 Å². The second kappa shape index (κ2) is 26.8. The summed E-state index contributed by atoms with van der Waals surface area (Å²) in [5, 5.41) is 0. The first-order chi connectivity index (χ1) is 22.5. The van der Waals surface area contributed by atoms with Crippen molar-refractivity contribution in [3.05, 3.63) is 35.9 Å². The Kier molecular flexibility index (Phi) is 25.0. The lowest BCUT2D eigenvalue weighted by molar-refractivity contribution is -0.380. The van der Waals surface area contributed by atoms with E-state index in [9.17, 15) is 0 Å². The zero-order valence-corrected chi connectivity index (χ0v) is 30.8. The Bertz CT molecular complexity index is 779. The van der Waals surface area contributed by atoms with Gasteiger partial charge in [-0.15, -0.1) is 0 Å². The molecule has 8 nitrogen and oxygen atoms in total. The fourth-order valence-electron chi connectivity index (χ4n) is 6.27. The first-order valence-corrected chi connectivity index (χ1v) is 18.0. The van der Waals surface area contributed by atoms with Crippen molar-refractivity contribution in [3.63, 3.8) is 0 Å². The third-order valence-electron chi connectivity index (χ3n) is 9.14. The molecule has 0 radical (unpaired) electrons. The Morgan fingerprint density at radius 1 is 0.609 bits per heavy atom. The minimum absolute atomic E-state index is 0.0693. The van der Waals surface area contributed by atoms with Crippen molar-refractivity contribution in [2.45, 2.75) is 141 Å². The predicted molar refractivity (Wildman–Crippen MR) is 186 cm³/mol. The molecule has 1 aliphatic rings. The summed E-state index contributed by atoms with van der Waals surface area (Å²) in [6.45, 7) is 6.81. The summed E-state index contributed by atoms with van der Waals surface area (Å²) in [6, 6.07) is 10.4. The van der Waals surface area contributed by atoms with E-state index in [0.29, 0.717) is 12.7 Å². The largest absolute Gasteiger partial charge is 0.379 e. The molecule has 1 heterocycles. The molecular formula is C38H70O8. The van der Waals surface area contributed by atoms with Gasteiger partial charge >= 0.3 is 0 Å². The van der Waals surface area contributed by atoms with E-state index in [1.165, 1.54) is 76.2 Å². The van der Waals surface area contributed by atoms with E-state index in [4.69, 9.17) is 37.9 Å². The minimum Gasteiger partial charge on any atom is -0.379 e. The van der Waals surface area contributed by atoms with Crippen molar-refractivity contribution < 1.29 is 37.9 Å². The summed E-state index contributed by atoms with van der Waals surface area (Å²) in [7, 11) is 9.89. The monoisotopic (exact) mass is 655 g/mol. The Balaban J connectivity index is 0.000000462. The van der Waals surface area contributed by atoms with Crippen LogP contribution in [0.3, 0.4) is 0 Å². The fourth-order valence-corrected chi connectivity index (χ4v) is 6.27. The van der Waals surface area contributed by atoms with Crippen LogP contribution in [-0.2, 0) is 37.9 Å². The average Bonchev–Trinajstić information content (AvgIpc) is 3.93. The smallest absolute Gasteiger partial charge is 0.289 e. The number of rotatable bonds is 29. The van der Waals surface area contributed by atoms with Crippen LogP contribution in [-0.4, -0.2) is 80.5 Å². The maximum atomic E-state index is 5.64. The van der Waals surface area contributed by atoms with Crippen molar-refractivity contribution in [3.8, 4) is 0 Å². The molecule has 0 aliphatic carbocycles. The van der Waals surface area contributed by atoms with Gasteiger partial charge in [-0.1, -0.05) is 121 Å². The molecule has 0 aromatic heterocycles. The van der Waals surface area contributed by atoms with E-state index < -0.39 is 11.9 Å². The van der Waals surface area contributed by atoms with Crippen LogP contribution < -0.4 is 0 Å². The molecule has 1 saturated heterocycles. The van der Waals surface area contributed by atoms with Crippen molar-refractivity contribution in [2.24, 2.45) is 5.92 Å². The molecule has 8 heteroatoms. The van der Waals surface area contributed by atoms with Gasteiger partial charge in [0, 0.05) is 55.2 Å². The van der Waals surface area contributed by atoms with Gasteiger partial charge in [-0.3, -0.25) is 0 Å². The molecule has 0 saturated carbocycles. The molecule has 0 N–H and O–H groups in total. The van der Waals surface area contributed by atoms with Gasteiger partial charge in [0.15, 0.2) is 0 Å². The highest BCUT2D eigenvalue weighted by Crippen LogP contribution is 2.37. The lowest BCUT2D eigenvalue weighted by Crippen LogP contribution is -2.44. The van der Waals surface area contributed by atoms with Gasteiger partial charge in [-0.05, 0) is 31.2 Å². The number of benzene rings is 1. The van der Waals surface area contributed by atoms with E-state index >= 15 is 0 Å². The third-order valence-corrected chi connectivity index (χ3v) is 9.14. The maximum absolute atomic E-state index is 5.64. The first kappa shape index (κ1) is 42.9. The van der Waals surface area contributed by atoms with Crippen molar-refractivity contribution in [1.29, 1.82) is 0 Å². The van der Waals surface area contributed by atoms with Gasteiger partial charge in [0.1, 0.15) is 6.10 Å². The first-order valence-electron chi connectivity index (χ1n) is 18.0. The van der Waals surface area contributed by atoms with Crippen LogP contribution in [0.15, 0.2) is 30.3 Å². The zero-order chi connectivity index (χ0) is 33.9. The molecule has 46 heavy (non-hydrogen) atoms. The Hall–Kier alpha value is -1.10. The van der Waals surface area contributed by atoms with Gasteiger partial charge in [0.25, 0.3) is 11.9 Å². The van der Waals surface area contributed by atoms with Gasteiger partial charge in [0.05, 0.1) is 19.1 Å². The van der Waals surface area contributed by atoms with Crippen LogP contribution in [0, 0.1) is 5.92 Å². The van der Waals surface area contributed by atoms with Gasteiger partial charge < -0.3 is 37.9 Å². The highest BCUT2D eigenvalue weighted by atomic mass is 16.9. The van der Waals surface area contributed by atoms with Crippen molar-refractivity contribution >= 4 is 0 Å². The molecule has 0 bridgehead atoms. The molecule has 2 rings (SSSR count). The lowest BCUT2D eigenvalue weighted by Gasteiger charge is -2.36. The van der Waals surface area contributed by atoms with Crippen LogP contribution in [0.4, 0.5) is 0 Å².